The van der Waals surface area contributed by atoms with Gasteiger partial charge in [0.05, 0.1) is 21.1 Å². The van der Waals surface area contributed by atoms with E-state index in [1.165, 1.54) is 0 Å². The van der Waals surface area contributed by atoms with E-state index in [4.69, 9.17) is 4.52 Å². The summed E-state index contributed by atoms with van der Waals surface area (Å²) in [5.41, 5.74) is 0. The van der Waals surface area contributed by atoms with Crippen molar-refractivity contribution in [3.63, 3.8) is 0 Å². The van der Waals surface area contributed by atoms with Crippen molar-refractivity contribution in [3.8, 4) is 0 Å². The second-order valence-corrected chi connectivity index (χ2v) is 6.63. The summed E-state index contributed by atoms with van der Waals surface area (Å²) in [6, 6.07) is 0. The van der Waals surface area contributed by atoms with Crippen LogP contribution in [0.15, 0.2) is 0 Å². The highest BCUT2D eigenvalue weighted by Crippen LogP contribution is 2.30. The summed E-state index contributed by atoms with van der Waals surface area (Å²) in [6.07, 6.45) is 0. The molecule has 0 amide bonds. The van der Waals surface area contributed by atoms with Gasteiger partial charge in [-0.05, 0) is 14.1 Å². The van der Waals surface area contributed by atoms with Crippen LogP contribution < -0.4 is 9.98 Å². The first kappa shape index (κ1) is 16.0. The Balaban J connectivity index is 3.75. The van der Waals surface area contributed by atoms with Crippen LogP contribution in [0.5, 0.6) is 0 Å². The monoisotopic (exact) mass is 253 g/mol. The molecule has 1 N–H and O–H groups in total. The maximum atomic E-state index is 11.4. The van der Waals surface area contributed by atoms with Gasteiger partial charge in [0.25, 0.3) is 0 Å². The van der Waals surface area contributed by atoms with E-state index in [1.54, 1.807) is 0 Å². The van der Waals surface area contributed by atoms with Crippen LogP contribution in [0.4, 0.5) is 0 Å². The van der Waals surface area contributed by atoms with Crippen LogP contribution in [0.25, 0.3) is 0 Å². The van der Waals surface area contributed by atoms with Crippen molar-refractivity contribution in [2.75, 3.05) is 61.5 Å². The molecule has 0 heterocycles. The molecular formula is C9H24N3O3P. The van der Waals surface area contributed by atoms with Gasteiger partial charge in [0.1, 0.15) is 13.2 Å². The Labute approximate surface area is 98.4 Å². The Bertz CT molecular complexity index is 241. The summed E-state index contributed by atoms with van der Waals surface area (Å²) in [4.78, 5) is 13.3. The Morgan fingerprint density at radius 3 is 2.38 bits per heavy atom. The lowest BCUT2D eigenvalue weighted by Gasteiger charge is -2.28. The lowest BCUT2D eigenvalue weighted by atomic mass is 10.5. The van der Waals surface area contributed by atoms with Crippen LogP contribution in [-0.4, -0.2) is 70.9 Å². The average Bonchev–Trinajstić information content (AvgIpc) is 1.99. The molecule has 6 nitrogen and oxygen atoms in total. The first-order valence-electron chi connectivity index (χ1n) is 5.28. The van der Waals surface area contributed by atoms with Crippen molar-refractivity contribution >= 4 is 7.75 Å². The Morgan fingerprint density at radius 1 is 1.38 bits per heavy atom. The van der Waals surface area contributed by atoms with Crippen molar-refractivity contribution in [1.29, 1.82) is 0 Å². The normalized spacial score (nSPS) is 16.4. The highest BCUT2D eigenvalue weighted by atomic mass is 31.2. The maximum absolute atomic E-state index is 11.4. The Kier molecular flexibility index (Phi) is 6.70. The standard InChI is InChI=1S/C9H24N3O3P/c1-11(2)7-6-10-16(13,14)15-9-8-12(3,4)5/h6-9H2,1-5H3,(H-,10,13,14). The quantitative estimate of drug-likeness (QED) is 0.459. The van der Waals surface area contributed by atoms with Crippen molar-refractivity contribution in [3.05, 3.63) is 0 Å². The van der Waals surface area contributed by atoms with Crippen LogP contribution in [0.3, 0.4) is 0 Å². The van der Waals surface area contributed by atoms with E-state index < -0.39 is 7.75 Å². The van der Waals surface area contributed by atoms with Crippen LogP contribution in [-0.2, 0) is 9.09 Å². The van der Waals surface area contributed by atoms with E-state index in [1.807, 2.05) is 40.1 Å². The van der Waals surface area contributed by atoms with Crippen LogP contribution >= 0.6 is 7.75 Å². The van der Waals surface area contributed by atoms with E-state index in [9.17, 15) is 9.46 Å². The minimum Gasteiger partial charge on any atom is -0.766 e. The first-order chi connectivity index (χ1) is 7.12. The first-order valence-corrected chi connectivity index (χ1v) is 6.82. The SMILES string of the molecule is CN(C)CCNP(=O)([O-])OCC[N+](C)(C)C. The Morgan fingerprint density at radius 2 is 1.94 bits per heavy atom. The molecule has 0 aromatic rings. The molecular weight excluding hydrogens is 229 g/mol. The fourth-order valence-electron chi connectivity index (χ4n) is 0.891. The third-order valence-electron chi connectivity index (χ3n) is 1.89. The fraction of sp³-hybridized carbons (Fsp3) is 1.00. The van der Waals surface area contributed by atoms with Gasteiger partial charge >= 0.3 is 0 Å². The van der Waals surface area contributed by atoms with E-state index >= 15 is 0 Å². The van der Waals surface area contributed by atoms with Gasteiger partial charge in [0.15, 0.2) is 0 Å². The summed E-state index contributed by atoms with van der Waals surface area (Å²) in [5.74, 6) is 0. The molecule has 0 aliphatic carbocycles. The molecule has 0 fully saturated rings. The topological polar surface area (TPSA) is 64.6 Å². The number of nitrogens with zero attached hydrogens (tertiary/aromatic N) is 2. The number of quaternary nitrogens is 1. The molecule has 0 bridgehead atoms. The number of nitrogens with one attached hydrogen (secondary N) is 1. The molecule has 1 unspecified atom stereocenters. The highest BCUT2D eigenvalue weighted by Gasteiger charge is 2.11. The van der Waals surface area contributed by atoms with Gasteiger partial charge in [0, 0.05) is 13.1 Å². The molecule has 1 atom stereocenters. The summed E-state index contributed by atoms with van der Waals surface area (Å²) in [5, 5.41) is 2.41. The molecule has 0 aliphatic rings. The van der Waals surface area contributed by atoms with E-state index in [0.717, 1.165) is 0 Å². The molecule has 0 rings (SSSR count). The van der Waals surface area contributed by atoms with Gasteiger partial charge < -0.3 is 18.8 Å². The second kappa shape index (κ2) is 6.69. The minimum absolute atomic E-state index is 0.208. The smallest absolute Gasteiger partial charge is 0.204 e. The van der Waals surface area contributed by atoms with Gasteiger partial charge in [0.2, 0.25) is 7.75 Å². The summed E-state index contributed by atoms with van der Waals surface area (Å²) >= 11 is 0. The second-order valence-electron chi connectivity index (χ2n) is 5.06. The maximum Gasteiger partial charge on any atom is 0.204 e. The van der Waals surface area contributed by atoms with E-state index in [-0.39, 0.29) is 6.61 Å². The predicted molar refractivity (Wildman–Crippen MR) is 63.0 cm³/mol. The molecule has 0 aromatic heterocycles. The third kappa shape index (κ3) is 10.5. The lowest BCUT2D eigenvalue weighted by molar-refractivity contribution is -0.870. The van der Waals surface area contributed by atoms with Gasteiger partial charge in [-0.3, -0.25) is 9.65 Å². The summed E-state index contributed by atoms with van der Waals surface area (Å²) in [7, 11) is 5.85. The largest absolute Gasteiger partial charge is 0.766 e. The molecule has 98 valence electrons. The van der Waals surface area contributed by atoms with E-state index in [0.29, 0.717) is 24.1 Å². The third-order valence-corrected chi connectivity index (χ3v) is 3.02. The minimum atomic E-state index is -3.87. The number of likely N-dealkylation sites (N-methyl/N-ethyl adjacent to an activating group) is 2. The van der Waals surface area contributed by atoms with Crippen LogP contribution in [0, 0.1) is 0 Å². The Hall–Kier alpha value is 0.0300. The molecule has 0 radical (unpaired) electrons. The summed E-state index contributed by atoms with van der Waals surface area (Å²) < 4.78 is 16.9. The van der Waals surface area contributed by atoms with Gasteiger partial charge in [-0.2, -0.15) is 0 Å². The predicted octanol–water partition coefficient (Wildman–Crippen LogP) is -0.671. The van der Waals surface area contributed by atoms with Crippen molar-refractivity contribution in [1.82, 2.24) is 9.99 Å². The molecule has 0 saturated heterocycles. The highest BCUT2D eigenvalue weighted by molar-refractivity contribution is 7.49. The molecule has 16 heavy (non-hydrogen) atoms. The molecule has 7 heteroatoms. The number of rotatable bonds is 8. The van der Waals surface area contributed by atoms with Crippen molar-refractivity contribution in [2.24, 2.45) is 0 Å². The molecule has 0 saturated carbocycles. The zero-order chi connectivity index (χ0) is 12.8. The van der Waals surface area contributed by atoms with Crippen LogP contribution in [0.1, 0.15) is 0 Å². The van der Waals surface area contributed by atoms with Crippen molar-refractivity contribution < 1.29 is 18.5 Å². The summed E-state index contributed by atoms with van der Waals surface area (Å²) in [6.45, 7) is 1.89. The van der Waals surface area contributed by atoms with Crippen molar-refractivity contribution in [2.45, 2.75) is 0 Å². The van der Waals surface area contributed by atoms with Gasteiger partial charge in [-0.1, -0.05) is 0 Å². The molecule has 0 aliphatic heterocycles. The zero-order valence-corrected chi connectivity index (χ0v) is 11.8. The van der Waals surface area contributed by atoms with Gasteiger partial charge in [-0.25, -0.2) is 0 Å². The van der Waals surface area contributed by atoms with Gasteiger partial charge in [-0.15, -0.1) is 0 Å². The van der Waals surface area contributed by atoms with Crippen LogP contribution in [0.2, 0.25) is 0 Å². The zero-order valence-electron chi connectivity index (χ0n) is 10.9. The molecule has 0 aromatic carbocycles. The molecule has 0 spiro atoms. The fourth-order valence-corrected chi connectivity index (χ4v) is 1.68. The van der Waals surface area contributed by atoms with E-state index in [2.05, 4.69) is 5.09 Å². The number of hydrogen-bond acceptors (Lipinski definition) is 4. The average molecular weight is 253 g/mol. The lowest BCUT2D eigenvalue weighted by Crippen LogP contribution is -2.38. The number of hydrogen-bond donors (Lipinski definition) is 1.